The minimum absolute atomic E-state index is 0.140. The lowest BCUT2D eigenvalue weighted by molar-refractivity contribution is 0.358. The molecule has 0 spiro atoms. The van der Waals surface area contributed by atoms with Gasteiger partial charge < -0.3 is 15.5 Å². The lowest BCUT2D eigenvalue weighted by Crippen LogP contribution is -2.22. The van der Waals surface area contributed by atoms with Crippen LogP contribution in [0, 0.1) is 0 Å². The van der Waals surface area contributed by atoms with E-state index < -0.39 is 13.4 Å². The van der Waals surface area contributed by atoms with Crippen molar-refractivity contribution in [2.24, 2.45) is 5.73 Å². The summed E-state index contributed by atoms with van der Waals surface area (Å²) in [5, 5.41) is 0.582. The second-order valence-electron chi connectivity index (χ2n) is 2.99. The van der Waals surface area contributed by atoms with E-state index in [-0.39, 0.29) is 6.42 Å². The van der Waals surface area contributed by atoms with E-state index in [9.17, 15) is 4.57 Å². The van der Waals surface area contributed by atoms with E-state index in [0.717, 1.165) is 5.56 Å². The van der Waals surface area contributed by atoms with Crippen molar-refractivity contribution in [1.82, 2.24) is 0 Å². The average molecular weight is 236 g/mol. The topological polar surface area (TPSA) is 83.6 Å². The summed E-state index contributed by atoms with van der Waals surface area (Å²) < 4.78 is 10.7. The molecule has 0 saturated heterocycles. The van der Waals surface area contributed by atoms with Crippen LogP contribution in [0.5, 0.6) is 0 Å². The van der Waals surface area contributed by atoms with E-state index in [2.05, 4.69) is 0 Å². The third-order valence-electron chi connectivity index (χ3n) is 1.79. The van der Waals surface area contributed by atoms with Gasteiger partial charge in [0.1, 0.15) is 5.78 Å². The van der Waals surface area contributed by atoms with Gasteiger partial charge in [0.2, 0.25) is 0 Å². The molecule has 1 aromatic rings. The molecule has 0 fully saturated rings. The van der Waals surface area contributed by atoms with Crippen molar-refractivity contribution in [2.45, 2.75) is 12.2 Å². The molecule has 0 aliphatic heterocycles. The van der Waals surface area contributed by atoms with Gasteiger partial charge in [-0.3, -0.25) is 4.57 Å². The highest BCUT2D eigenvalue weighted by molar-refractivity contribution is 7.52. The van der Waals surface area contributed by atoms with E-state index in [4.69, 9.17) is 27.1 Å². The number of benzene rings is 1. The van der Waals surface area contributed by atoms with E-state index in [0.29, 0.717) is 5.02 Å². The van der Waals surface area contributed by atoms with Crippen LogP contribution < -0.4 is 5.73 Å². The van der Waals surface area contributed by atoms with Gasteiger partial charge in [0, 0.05) is 5.02 Å². The van der Waals surface area contributed by atoms with E-state index in [1.807, 2.05) is 0 Å². The van der Waals surface area contributed by atoms with Gasteiger partial charge in [-0.15, -0.1) is 0 Å². The Kier molecular flexibility index (Phi) is 3.70. The van der Waals surface area contributed by atoms with Crippen LogP contribution in [0.25, 0.3) is 0 Å². The van der Waals surface area contributed by atoms with Gasteiger partial charge in [0.15, 0.2) is 0 Å². The summed E-state index contributed by atoms with van der Waals surface area (Å²) in [4.78, 5) is 17.5. The fourth-order valence-corrected chi connectivity index (χ4v) is 1.56. The molecule has 1 atom stereocenters. The largest absolute Gasteiger partial charge is 0.342 e. The van der Waals surface area contributed by atoms with Crippen molar-refractivity contribution in [3.8, 4) is 0 Å². The number of rotatable bonds is 3. The van der Waals surface area contributed by atoms with Gasteiger partial charge in [-0.05, 0) is 24.1 Å². The molecule has 78 valence electrons. The quantitative estimate of drug-likeness (QED) is 0.691. The second kappa shape index (κ2) is 4.43. The maximum Gasteiger partial charge on any atom is 0.342 e. The van der Waals surface area contributed by atoms with Crippen molar-refractivity contribution in [2.75, 3.05) is 0 Å². The van der Waals surface area contributed by atoms with Gasteiger partial charge in [0.05, 0.1) is 0 Å². The molecule has 0 bridgehead atoms. The summed E-state index contributed by atoms with van der Waals surface area (Å²) in [7, 11) is -4.19. The molecule has 1 aromatic carbocycles. The third kappa shape index (κ3) is 3.40. The van der Waals surface area contributed by atoms with Crippen molar-refractivity contribution in [3.63, 3.8) is 0 Å². The van der Waals surface area contributed by atoms with Gasteiger partial charge in [-0.2, -0.15) is 0 Å². The van der Waals surface area contributed by atoms with Crippen LogP contribution in [0.3, 0.4) is 0 Å². The van der Waals surface area contributed by atoms with Crippen molar-refractivity contribution < 1.29 is 14.4 Å². The fourth-order valence-electron chi connectivity index (χ4n) is 0.981. The molecule has 1 rings (SSSR count). The minimum atomic E-state index is -4.19. The summed E-state index contributed by atoms with van der Waals surface area (Å²) in [5.74, 6) is -1.15. The number of hydrogen-bond acceptors (Lipinski definition) is 2. The number of halogens is 1. The van der Waals surface area contributed by atoms with Crippen LogP contribution in [0.2, 0.25) is 5.02 Å². The molecule has 0 saturated carbocycles. The van der Waals surface area contributed by atoms with Crippen LogP contribution in [0.4, 0.5) is 0 Å². The van der Waals surface area contributed by atoms with Crippen molar-refractivity contribution >= 4 is 19.2 Å². The molecule has 0 unspecified atom stereocenters. The Morgan fingerprint density at radius 2 is 1.86 bits per heavy atom. The Morgan fingerprint density at radius 3 is 2.29 bits per heavy atom. The molecule has 0 aromatic heterocycles. The zero-order valence-corrected chi connectivity index (χ0v) is 8.95. The summed E-state index contributed by atoms with van der Waals surface area (Å²) in [6.07, 6.45) is 0.140. The molecular formula is C8H11ClNO3P. The summed E-state index contributed by atoms with van der Waals surface area (Å²) in [6, 6.07) is 6.70. The van der Waals surface area contributed by atoms with E-state index >= 15 is 0 Å². The highest BCUT2D eigenvalue weighted by Crippen LogP contribution is 2.39. The van der Waals surface area contributed by atoms with E-state index in [1.165, 1.54) is 0 Å². The molecule has 0 aliphatic carbocycles. The zero-order chi connectivity index (χ0) is 10.8. The SMILES string of the molecule is N[C@@H](Cc1ccc(Cl)cc1)P(=O)(O)O. The Balaban J connectivity index is 2.70. The first-order valence-corrected chi connectivity index (χ1v) is 6.01. The molecule has 0 heterocycles. The number of nitrogens with two attached hydrogens (primary N) is 1. The zero-order valence-electron chi connectivity index (χ0n) is 7.30. The van der Waals surface area contributed by atoms with Crippen LogP contribution in [-0.4, -0.2) is 15.6 Å². The molecule has 0 amide bonds. The summed E-state index contributed by atoms with van der Waals surface area (Å²) in [5.41, 5.74) is 6.08. The monoisotopic (exact) mass is 235 g/mol. The van der Waals surface area contributed by atoms with Gasteiger partial charge in [-0.1, -0.05) is 23.7 Å². The molecule has 4 N–H and O–H groups in total. The highest BCUT2D eigenvalue weighted by Gasteiger charge is 2.24. The Hall–Kier alpha value is -0.380. The lowest BCUT2D eigenvalue weighted by atomic mass is 10.1. The fraction of sp³-hybridized carbons (Fsp3) is 0.250. The minimum Gasteiger partial charge on any atom is -0.323 e. The maximum atomic E-state index is 10.7. The third-order valence-corrected chi connectivity index (χ3v) is 3.09. The first-order chi connectivity index (χ1) is 6.39. The normalized spacial score (nSPS) is 14.0. The summed E-state index contributed by atoms with van der Waals surface area (Å²) >= 11 is 5.65. The van der Waals surface area contributed by atoms with Crippen molar-refractivity contribution in [3.05, 3.63) is 34.9 Å². The predicted octanol–water partition coefficient (Wildman–Crippen LogP) is 1.34. The van der Waals surface area contributed by atoms with Gasteiger partial charge >= 0.3 is 7.60 Å². The highest BCUT2D eigenvalue weighted by atomic mass is 35.5. The number of hydrogen-bond donors (Lipinski definition) is 3. The van der Waals surface area contributed by atoms with Crippen molar-refractivity contribution in [1.29, 1.82) is 0 Å². The molecule has 0 radical (unpaired) electrons. The maximum absolute atomic E-state index is 10.7. The Labute approximate surface area is 86.9 Å². The average Bonchev–Trinajstić information content (AvgIpc) is 2.07. The summed E-state index contributed by atoms with van der Waals surface area (Å²) in [6.45, 7) is 0. The van der Waals surface area contributed by atoms with Gasteiger partial charge in [-0.25, -0.2) is 0 Å². The van der Waals surface area contributed by atoms with Crippen LogP contribution >= 0.6 is 19.2 Å². The van der Waals surface area contributed by atoms with Crippen LogP contribution in [0.1, 0.15) is 5.56 Å². The molecule has 0 aliphatic rings. The molecular weight excluding hydrogens is 225 g/mol. The second-order valence-corrected chi connectivity index (χ2v) is 5.26. The molecule has 4 nitrogen and oxygen atoms in total. The standard InChI is InChI=1S/C8H11ClNO3P/c9-7-3-1-6(2-4-7)5-8(10)14(11,12)13/h1-4,8H,5,10H2,(H2,11,12,13)/t8-/m1/s1. The predicted molar refractivity (Wildman–Crippen MR) is 55.2 cm³/mol. The Morgan fingerprint density at radius 1 is 1.36 bits per heavy atom. The Bertz CT molecular complexity index is 348. The first-order valence-electron chi connectivity index (χ1n) is 3.95. The first kappa shape index (κ1) is 11.7. The molecule has 6 heteroatoms. The van der Waals surface area contributed by atoms with Crippen LogP contribution in [-0.2, 0) is 11.0 Å². The smallest absolute Gasteiger partial charge is 0.323 e. The van der Waals surface area contributed by atoms with Gasteiger partial charge in [0.25, 0.3) is 0 Å². The van der Waals surface area contributed by atoms with E-state index in [1.54, 1.807) is 24.3 Å². The molecule has 14 heavy (non-hydrogen) atoms. The van der Waals surface area contributed by atoms with Crippen LogP contribution in [0.15, 0.2) is 24.3 Å². The lowest BCUT2D eigenvalue weighted by Gasteiger charge is -2.12.